The van der Waals surface area contributed by atoms with Gasteiger partial charge in [0.15, 0.2) is 0 Å². The normalized spacial score (nSPS) is 10.4. The molecule has 0 spiro atoms. The summed E-state index contributed by atoms with van der Waals surface area (Å²) in [4.78, 5) is 12.3. The van der Waals surface area contributed by atoms with Crippen molar-refractivity contribution < 1.29 is 14.5 Å². The van der Waals surface area contributed by atoms with Crippen LogP contribution in [0, 0.1) is 6.92 Å². The maximum atomic E-state index is 8.89. The van der Waals surface area contributed by atoms with Gasteiger partial charge in [0.25, 0.3) is 0 Å². The van der Waals surface area contributed by atoms with Crippen molar-refractivity contribution in [2.45, 2.75) is 20.4 Å². The highest BCUT2D eigenvalue weighted by atomic mass is 32.1. The van der Waals surface area contributed by atoms with Crippen LogP contribution in [0.3, 0.4) is 0 Å². The number of aliphatic carboxylic acids is 1. The van der Waals surface area contributed by atoms with Gasteiger partial charge in [0.2, 0.25) is 0 Å². The highest BCUT2D eigenvalue weighted by Gasteiger charge is 2.10. The summed E-state index contributed by atoms with van der Waals surface area (Å²) < 4.78 is 1.99. The van der Waals surface area contributed by atoms with Gasteiger partial charge in [-0.05, 0) is 60.1 Å². The van der Waals surface area contributed by atoms with E-state index in [0.29, 0.717) is 0 Å². The third kappa shape index (κ3) is 6.92. The molecule has 0 fully saturated rings. The molecule has 0 bridgehead atoms. The smallest absolute Gasteiger partial charge is 0.408 e. The lowest BCUT2D eigenvalue weighted by molar-refractivity contribution is -0.654. The minimum absolute atomic E-state index is 0.859. The molecule has 0 atom stereocenters. The third-order valence-corrected chi connectivity index (χ3v) is 4.71. The topological polar surface area (TPSA) is 72.0 Å². The van der Waals surface area contributed by atoms with E-state index in [1.807, 2.05) is 29.8 Å². The molecule has 0 N–H and O–H groups in total. The molecule has 0 saturated heterocycles. The van der Waals surface area contributed by atoms with Gasteiger partial charge in [-0.15, -0.1) is 0 Å². The summed E-state index contributed by atoms with van der Waals surface area (Å²) in [6.45, 7) is 3.92. The van der Waals surface area contributed by atoms with Crippen molar-refractivity contribution in [3.8, 4) is 0 Å². The molecule has 3 aromatic rings. The maximum absolute atomic E-state index is 8.89. The maximum Gasteiger partial charge on any atom is 0.408 e. The van der Waals surface area contributed by atoms with E-state index in [2.05, 4.69) is 71.7 Å². The van der Waals surface area contributed by atoms with E-state index >= 15 is 0 Å². The highest BCUT2D eigenvalue weighted by molar-refractivity contribution is 7.14. The Bertz CT molecular complexity index is 917. The minimum Gasteiger partial charge on any atom is -0.550 e. The van der Waals surface area contributed by atoms with Crippen LogP contribution in [0.2, 0.25) is 0 Å². The Morgan fingerprint density at radius 3 is 2.25 bits per heavy atom. The molecule has 146 valence electrons. The molecular weight excluding hydrogens is 372 g/mol. The number of benzene rings is 2. The number of nitrogens with zero attached hydrogens (tertiary/aromatic N) is 4. The largest absolute Gasteiger partial charge is 0.550 e. The Labute approximate surface area is 169 Å². The number of thiazole rings is 1. The molecule has 0 saturated carbocycles. The van der Waals surface area contributed by atoms with Crippen LogP contribution >= 0.6 is 11.3 Å². The van der Waals surface area contributed by atoms with Crippen molar-refractivity contribution in [2.75, 3.05) is 11.9 Å². The molecule has 2 aromatic carbocycles. The summed E-state index contributed by atoms with van der Waals surface area (Å²) in [6, 6.07) is 18.6. The second-order valence-corrected chi connectivity index (χ2v) is 7.50. The highest BCUT2D eigenvalue weighted by Crippen LogP contribution is 2.24. The number of anilines is 1. The third-order valence-electron chi connectivity index (χ3n) is 3.73. The fraction of sp³-hybridized carbons (Fsp3) is 0.238. The molecule has 0 aliphatic rings. The minimum atomic E-state index is -1.08. The number of carbonyl (C=O) groups is 1. The Morgan fingerprint density at radius 2 is 1.71 bits per heavy atom. The molecular formula is C21H24N4O2S. The van der Waals surface area contributed by atoms with Crippen LogP contribution in [-0.4, -0.2) is 13.0 Å². The predicted molar refractivity (Wildman–Crippen MR) is 110 cm³/mol. The number of azo groups is 1. The van der Waals surface area contributed by atoms with Gasteiger partial charge in [-0.25, -0.2) is 4.57 Å². The van der Waals surface area contributed by atoms with E-state index in [0.717, 1.165) is 30.0 Å². The van der Waals surface area contributed by atoms with Gasteiger partial charge in [-0.2, -0.15) is 0 Å². The van der Waals surface area contributed by atoms with E-state index < -0.39 is 5.97 Å². The molecule has 7 heteroatoms. The van der Waals surface area contributed by atoms with Crippen LogP contribution in [0.4, 0.5) is 16.5 Å². The summed E-state index contributed by atoms with van der Waals surface area (Å²) in [5.74, 6) is -1.08. The lowest BCUT2D eigenvalue weighted by atomic mass is 10.2. The van der Waals surface area contributed by atoms with Crippen LogP contribution in [0.15, 0.2) is 71.0 Å². The average molecular weight is 397 g/mol. The van der Waals surface area contributed by atoms with Gasteiger partial charge >= 0.3 is 5.13 Å². The fourth-order valence-electron chi connectivity index (χ4n) is 2.48. The van der Waals surface area contributed by atoms with Crippen LogP contribution in [0.25, 0.3) is 0 Å². The number of hydrogen-bond acceptors (Lipinski definition) is 6. The van der Waals surface area contributed by atoms with Gasteiger partial charge < -0.3 is 14.8 Å². The van der Waals surface area contributed by atoms with Crippen LogP contribution in [0.1, 0.15) is 17.4 Å². The van der Waals surface area contributed by atoms with E-state index in [1.165, 1.54) is 10.4 Å². The summed E-state index contributed by atoms with van der Waals surface area (Å²) in [5, 5.41) is 18.5. The van der Waals surface area contributed by atoms with Gasteiger partial charge in [-0.1, -0.05) is 30.3 Å². The van der Waals surface area contributed by atoms with Crippen molar-refractivity contribution in [3.63, 3.8) is 0 Å². The zero-order valence-corrected chi connectivity index (χ0v) is 17.3. The quantitative estimate of drug-likeness (QED) is 0.488. The number of hydrogen-bond donors (Lipinski definition) is 0. The molecule has 0 unspecified atom stereocenters. The number of aromatic nitrogens is 1. The predicted octanol–water partition coefficient (Wildman–Crippen LogP) is 3.69. The van der Waals surface area contributed by atoms with Gasteiger partial charge in [0, 0.05) is 30.1 Å². The number of aryl methyl sites for hydroxylation is 2. The zero-order valence-electron chi connectivity index (χ0n) is 16.5. The molecule has 0 aliphatic carbocycles. The molecule has 1 heterocycles. The molecule has 0 aliphatic heterocycles. The number of carboxylic acid groups (broad SMARTS) is 1. The van der Waals surface area contributed by atoms with Crippen molar-refractivity contribution >= 4 is 33.8 Å². The molecule has 28 heavy (non-hydrogen) atoms. The number of rotatable bonds is 5. The first-order valence-corrected chi connectivity index (χ1v) is 9.57. The second kappa shape index (κ2) is 10.3. The van der Waals surface area contributed by atoms with Crippen molar-refractivity contribution in [2.24, 2.45) is 17.3 Å². The lowest BCUT2D eigenvalue weighted by Crippen LogP contribution is -2.23. The van der Waals surface area contributed by atoms with Gasteiger partial charge in [0.1, 0.15) is 11.9 Å². The number of carboxylic acids is 1. The summed E-state index contributed by atoms with van der Waals surface area (Å²) in [5.41, 5.74) is 3.32. The van der Waals surface area contributed by atoms with E-state index in [9.17, 15) is 0 Å². The van der Waals surface area contributed by atoms with Crippen LogP contribution < -0.4 is 14.6 Å². The van der Waals surface area contributed by atoms with E-state index in [4.69, 9.17) is 9.90 Å². The van der Waals surface area contributed by atoms with E-state index in [1.54, 1.807) is 11.3 Å². The fourth-order valence-corrected chi connectivity index (χ4v) is 3.26. The van der Waals surface area contributed by atoms with E-state index in [-0.39, 0.29) is 0 Å². The SMILES string of the molecule is CC(=O)[O-].Cc1c[n+](C)c(N=Nc2ccc(N(C)Cc3ccccc3)cc2)s1. The molecule has 0 radical (unpaired) electrons. The van der Waals surface area contributed by atoms with Gasteiger partial charge in [-0.3, -0.25) is 0 Å². The first-order valence-electron chi connectivity index (χ1n) is 8.75. The first kappa shape index (κ1) is 21.2. The Balaban J connectivity index is 0.000000640. The summed E-state index contributed by atoms with van der Waals surface area (Å²) >= 11 is 1.64. The molecule has 3 rings (SSSR count). The zero-order chi connectivity index (χ0) is 20.5. The summed E-state index contributed by atoms with van der Waals surface area (Å²) in [6.07, 6.45) is 2.06. The van der Waals surface area contributed by atoms with Crippen molar-refractivity contribution in [3.05, 3.63) is 71.2 Å². The second-order valence-electron chi connectivity index (χ2n) is 6.28. The molecule has 6 nitrogen and oxygen atoms in total. The lowest BCUT2D eigenvalue weighted by Gasteiger charge is -2.19. The van der Waals surface area contributed by atoms with Crippen LogP contribution in [-0.2, 0) is 18.4 Å². The van der Waals surface area contributed by atoms with Gasteiger partial charge in [0.05, 0.1) is 12.2 Å². The Kier molecular flexibility index (Phi) is 7.83. The number of carbonyl (C=O) groups excluding carboxylic acids is 1. The standard InChI is InChI=1S/C19H21N4S.C2H4O2/c1-15-13-23(3)19(24-15)21-20-17-9-11-18(12-10-17)22(2)14-16-7-5-4-6-8-16;1-2(3)4/h4-13H,14H2,1-3H3;1H3,(H,3,4)/q+1;/p-1. The Hall–Kier alpha value is -3.06. The first-order chi connectivity index (χ1) is 13.3. The Morgan fingerprint density at radius 1 is 1.11 bits per heavy atom. The molecule has 1 aromatic heterocycles. The molecule has 0 amide bonds. The van der Waals surface area contributed by atoms with Crippen molar-refractivity contribution in [1.82, 2.24) is 0 Å². The summed E-state index contributed by atoms with van der Waals surface area (Å²) in [7, 11) is 4.08. The monoisotopic (exact) mass is 396 g/mol. The van der Waals surface area contributed by atoms with Crippen LogP contribution in [0.5, 0.6) is 0 Å². The van der Waals surface area contributed by atoms with Crippen molar-refractivity contribution in [1.29, 1.82) is 0 Å². The average Bonchev–Trinajstić information content (AvgIpc) is 2.98.